The number of anilines is 1. The van der Waals surface area contributed by atoms with Gasteiger partial charge in [-0.2, -0.15) is 10.2 Å². The van der Waals surface area contributed by atoms with Gasteiger partial charge in [-0.25, -0.2) is 18.5 Å². The third kappa shape index (κ3) is 6.11. The van der Waals surface area contributed by atoms with E-state index in [9.17, 15) is 13.2 Å². The number of nitrogens with one attached hydrogen (secondary N) is 1. The molecule has 0 aliphatic rings. The van der Waals surface area contributed by atoms with Gasteiger partial charge in [0.1, 0.15) is 12.3 Å². The van der Waals surface area contributed by atoms with E-state index in [2.05, 4.69) is 15.6 Å². The zero-order valence-corrected chi connectivity index (χ0v) is 20.0. The number of hydrogen-bond acceptors (Lipinski definition) is 6. The maximum absolute atomic E-state index is 12.4. The first-order valence-electron chi connectivity index (χ1n) is 10.0. The molecule has 0 saturated carbocycles. The summed E-state index contributed by atoms with van der Waals surface area (Å²) in [6, 6.07) is 15.9. The van der Waals surface area contributed by atoms with Crippen LogP contribution in [0.5, 0.6) is 5.75 Å². The molecule has 3 aromatic rings. The number of benzene rings is 2. The van der Waals surface area contributed by atoms with E-state index < -0.39 is 22.5 Å². The summed E-state index contributed by atoms with van der Waals surface area (Å²) in [5, 5.41) is 8.46. The van der Waals surface area contributed by atoms with E-state index in [1.54, 1.807) is 28.9 Å². The maximum Gasteiger partial charge on any atom is 0.260 e. The van der Waals surface area contributed by atoms with E-state index in [1.165, 1.54) is 6.21 Å². The van der Waals surface area contributed by atoms with Gasteiger partial charge in [-0.15, -0.1) is 0 Å². The zero-order valence-electron chi connectivity index (χ0n) is 18.4. The predicted octanol–water partition coefficient (Wildman–Crippen LogP) is 3.15. The van der Waals surface area contributed by atoms with Gasteiger partial charge in [0.25, 0.3) is 5.91 Å². The average molecular weight is 490 g/mol. The van der Waals surface area contributed by atoms with Crippen molar-refractivity contribution in [3.8, 4) is 11.4 Å². The fourth-order valence-electron chi connectivity index (χ4n) is 3.06. The second-order valence-electron chi connectivity index (χ2n) is 7.03. The minimum Gasteiger partial charge on any atom is -0.494 e. The van der Waals surface area contributed by atoms with Crippen molar-refractivity contribution in [2.45, 2.75) is 13.8 Å². The number of para-hydroxylation sites is 1. The number of carbonyl (C=O) groups excluding carboxylic acids is 1. The SMILES string of the molecule is CCOc1ccc(N(CC(=O)N/N=C\c2c(Cl)nn(-c3ccccc3)c2C)S(C)(=O)=O)cc1. The smallest absolute Gasteiger partial charge is 0.260 e. The maximum atomic E-state index is 12.4. The highest BCUT2D eigenvalue weighted by Gasteiger charge is 2.21. The largest absolute Gasteiger partial charge is 0.494 e. The van der Waals surface area contributed by atoms with Gasteiger partial charge in [-0.05, 0) is 50.2 Å². The third-order valence-corrected chi connectivity index (χ3v) is 6.04. The summed E-state index contributed by atoms with van der Waals surface area (Å²) in [7, 11) is -3.71. The predicted molar refractivity (Wildman–Crippen MR) is 129 cm³/mol. The normalized spacial score (nSPS) is 11.5. The Bertz CT molecular complexity index is 1240. The topological polar surface area (TPSA) is 106 Å². The highest BCUT2D eigenvalue weighted by Crippen LogP contribution is 2.22. The summed E-state index contributed by atoms with van der Waals surface area (Å²) in [5.41, 5.74) is 4.78. The molecule has 0 atom stereocenters. The summed E-state index contributed by atoms with van der Waals surface area (Å²) in [6.07, 6.45) is 2.41. The molecular formula is C22H24ClN5O4S. The monoisotopic (exact) mass is 489 g/mol. The lowest BCUT2D eigenvalue weighted by Crippen LogP contribution is -2.39. The molecule has 1 amide bonds. The van der Waals surface area contributed by atoms with Crippen LogP contribution in [-0.4, -0.2) is 49.7 Å². The molecule has 1 N–H and O–H groups in total. The van der Waals surface area contributed by atoms with Crippen LogP contribution in [0.25, 0.3) is 5.69 Å². The lowest BCUT2D eigenvalue weighted by molar-refractivity contribution is -0.119. The molecule has 0 aliphatic carbocycles. The van der Waals surface area contributed by atoms with Gasteiger partial charge in [0.2, 0.25) is 10.0 Å². The van der Waals surface area contributed by atoms with Crippen LogP contribution in [0.1, 0.15) is 18.2 Å². The van der Waals surface area contributed by atoms with Crippen LogP contribution in [0.2, 0.25) is 5.15 Å². The van der Waals surface area contributed by atoms with Gasteiger partial charge in [0.15, 0.2) is 5.15 Å². The summed E-state index contributed by atoms with van der Waals surface area (Å²) in [5.74, 6) is -0.0122. The quantitative estimate of drug-likeness (QED) is 0.367. The molecule has 9 nitrogen and oxygen atoms in total. The molecule has 1 heterocycles. The van der Waals surface area contributed by atoms with Crippen molar-refractivity contribution in [2.24, 2.45) is 5.10 Å². The standard InChI is InChI=1S/C22H24ClN5O4S/c1-4-32-19-12-10-17(11-13-19)27(33(3,30)31)15-21(29)25-24-14-20-16(2)28(26-22(20)23)18-8-6-5-7-9-18/h5-14H,4,15H2,1-3H3,(H,25,29)/b24-14-. The molecule has 0 bridgehead atoms. The summed E-state index contributed by atoms with van der Waals surface area (Å²) in [4.78, 5) is 12.4. The van der Waals surface area contributed by atoms with Gasteiger partial charge in [-0.1, -0.05) is 29.8 Å². The van der Waals surface area contributed by atoms with Crippen molar-refractivity contribution >= 4 is 39.4 Å². The Morgan fingerprint density at radius 2 is 1.88 bits per heavy atom. The lowest BCUT2D eigenvalue weighted by atomic mass is 10.2. The zero-order chi connectivity index (χ0) is 24.0. The Labute approximate surface area is 197 Å². The Kier molecular flexibility index (Phi) is 7.72. The lowest BCUT2D eigenvalue weighted by Gasteiger charge is -2.21. The van der Waals surface area contributed by atoms with Crippen LogP contribution in [0, 0.1) is 6.92 Å². The number of nitrogens with zero attached hydrogens (tertiary/aromatic N) is 4. The molecule has 1 aromatic heterocycles. The molecule has 0 aliphatic heterocycles. The van der Waals surface area contributed by atoms with Gasteiger partial charge in [0, 0.05) is 0 Å². The number of carbonyl (C=O) groups is 1. The van der Waals surface area contributed by atoms with Gasteiger partial charge >= 0.3 is 0 Å². The number of amides is 1. The third-order valence-electron chi connectivity index (χ3n) is 4.62. The Morgan fingerprint density at radius 1 is 1.21 bits per heavy atom. The molecule has 0 radical (unpaired) electrons. The number of sulfonamides is 1. The molecule has 0 spiro atoms. The first-order chi connectivity index (χ1) is 15.7. The van der Waals surface area contributed by atoms with E-state index in [0.717, 1.165) is 21.9 Å². The van der Waals surface area contributed by atoms with E-state index >= 15 is 0 Å². The van der Waals surface area contributed by atoms with Crippen LogP contribution in [0.3, 0.4) is 0 Å². The van der Waals surface area contributed by atoms with Crippen molar-refractivity contribution in [3.05, 3.63) is 71.0 Å². The van der Waals surface area contributed by atoms with Crippen molar-refractivity contribution < 1.29 is 17.9 Å². The first-order valence-corrected chi connectivity index (χ1v) is 12.3. The molecule has 174 valence electrons. The molecule has 11 heteroatoms. The van der Waals surface area contributed by atoms with Gasteiger partial charge in [-0.3, -0.25) is 9.10 Å². The highest BCUT2D eigenvalue weighted by atomic mass is 35.5. The minimum atomic E-state index is -3.71. The average Bonchev–Trinajstić information content (AvgIpc) is 3.06. The number of hydrogen-bond donors (Lipinski definition) is 1. The second kappa shape index (κ2) is 10.5. The van der Waals surface area contributed by atoms with Crippen LogP contribution in [0.4, 0.5) is 5.69 Å². The molecule has 2 aromatic carbocycles. The molecule has 0 unspecified atom stereocenters. The van der Waals surface area contributed by atoms with E-state index in [1.807, 2.05) is 44.2 Å². The number of halogens is 1. The van der Waals surface area contributed by atoms with Crippen molar-refractivity contribution in [1.29, 1.82) is 0 Å². The summed E-state index contributed by atoms with van der Waals surface area (Å²) >= 11 is 6.24. The van der Waals surface area contributed by atoms with Crippen LogP contribution < -0.4 is 14.5 Å². The van der Waals surface area contributed by atoms with E-state index in [0.29, 0.717) is 23.6 Å². The molecule has 3 rings (SSSR count). The molecule has 0 saturated heterocycles. The number of aromatic nitrogens is 2. The van der Waals surface area contributed by atoms with Crippen molar-refractivity contribution in [2.75, 3.05) is 23.7 Å². The second-order valence-corrected chi connectivity index (χ2v) is 9.29. The van der Waals surface area contributed by atoms with E-state index in [4.69, 9.17) is 16.3 Å². The molecule has 33 heavy (non-hydrogen) atoms. The Balaban J connectivity index is 1.71. The number of rotatable bonds is 9. The van der Waals surface area contributed by atoms with E-state index in [-0.39, 0.29) is 5.15 Å². The van der Waals surface area contributed by atoms with Crippen LogP contribution in [0.15, 0.2) is 59.7 Å². The fraction of sp³-hybridized carbons (Fsp3) is 0.227. The Hall–Kier alpha value is -3.37. The Morgan fingerprint density at radius 3 is 2.48 bits per heavy atom. The fourth-order valence-corrected chi connectivity index (χ4v) is 4.17. The summed E-state index contributed by atoms with van der Waals surface area (Å²) in [6.45, 7) is 3.72. The number of ether oxygens (including phenoxy) is 1. The van der Waals surface area contributed by atoms with Crippen molar-refractivity contribution in [3.63, 3.8) is 0 Å². The van der Waals surface area contributed by atoms with Gasteiger partial charge in [0.05, 0.1) is 41.7 Å². The van der Waals surface area contributed by atoms with Crippen molar-refractivity contribution in [1.82, 2.24) is 15.2 Å². The van der Waals surface area contributed by atoms with Crippen LogP contribution >= 0.6 is 11.6 Å². The highest BCUT2D eigenvalue weighted by molar-refractivity contribution is 7.92. The van der Waals surface area contributed by atoms with Crippen LogP contribution in [-0.2, 0) is 14.8 Å². The minimum absolute atomic E-state index is 0.224. The summed E-state index contributed by atoms with van der Waals surface area (Å²) < 4.78 is 32.5. The van der Waals surface area contributed by atoms with Gasteiger partial charge < -0.3 is 4.74 Å². The number of hydrazone groups is 1. The first kappa shape index (κ1) is 24.3. The molecule has 0 fully saturated rings. The molecular weight excluding hydrogens is 466 g/mol.